The van der Waals surface area contributed by atoms with E-state index in [0.29, 0.717) is 56.1 Å². The molecule has 2 aliphatic rings. The third-order valence-electron chi connectivity index (χ3n) is 6.15. The molecule has 42 heavy (non-hydrogen) atoms. The molecule has 2 saturated heterocycles. The highest BCUT2D eigenvalue weighted by molar-refractivity contribution is 5.92. The largest absolute Gasteiger partial charge is 0.494 e. The van der Waals surface area contributed by atoms with Crippen molar-refractivity contribution >= 4 is 23.9 Å². The van der Waals surface area contributed by atoms with Crippen molar-refractivity contribution < 1.29 is 52.3 Å². The van der Waals surface area contributed by atoms with Gasteiger partial charge < -0.3 is 33.2 Å². The number of esters is 4. The van der Waals surface area contributed by atoms with Gasteiger partial charge in [0.1, 0.15) is 23.9 Å². The molecule has 11 nitrogen and oxygen atoms in total. The summed E-state index contributed by atoms with van der Waals surface area (Å²) in [6, 6.07) is 19.1. The highest BCUT2D eigenvalue weighted by atomic mass is 16.6. The van der Waals surface area contributed by atoms with Crippen molar-refractivity contribution in [1.82, 2.24) is 0 Å². The number of carbonyl (C=O) groups is 4. The molecule has 5 rings (SSSR count). The summed E-state index contributed by atoms with van der Waals surface area (Å²) in [5.41, 5.74) is 1.39. The third kappa shape index (κ3) is 8.63. The number of benzene rings is 3. The molecule has 2 unspecified atom stereocenters. The van der Waals surface area contributed by atoms with Crippen LogP contribution >= 0.6 is 0 Å². The van der Waals surface area contributed by atoms with Gasteiger partial charge >= 0.3 is 23.9 Å². The molecule has 0 bridgehead atoms. The normalized spacial score (nSPS) is 16.6. The van der Waals surface area contributed by atoms with Crippen molar-refractivity contribution in [3.05, 3.63) is 89.5 Å². The van der Waals surface area contributed by atoms with E-state index in [1.165, 1.54) is 24.3 Å². The molecule has 2 fully saturated rings. The lowest BCUT2D eigenvalue weighted by molar-refractivity contribution is -0.146. The summed E-state index contributed by atoms with van der Waals surface area (Å²) in [5.74, 6) is -0.682. The highest BCUT2D eigenvalue weighted by Crippen LogP contribution is 2.21. The van der Waals surface area contributed by atoms with Crippen molar-refractivity contribution in [2.45, 2.75) is 31.7 Å². The molecule has 2 atom stereocenters. The fraction of sp³-hybridized carbons (Fsp3) is 0.290. The summed E-state index contributed by atoms with van der Waals surface area (Å²) in [5, 5.41) is 0. The van der Waals surface area contributed by atoms with Crippen molar-refractivity contribution in [2.75, 3.05) is 26.4 Å². The van der Waals surface area contributed by atoms with Crippen LogP contribution in [0.2, 0.25) is 0 Å². The van der Waals surface area contributed by atoms with Crippen LogP contribution in [-0.4, -0.2) is 62.5 Å². The van der Waals surface area contributed by atoms with E-state index in [9.17, 15) is 19.2 Å². The zero-order chi connectivity index (χ0) is 29.3. The highest BCUT2D eigenvalue weighted by Gasteiger charge is 2.33. The molecule has 0 N–H and O–H groups in total. The van der Waals surface area contributed by atoms with Crippen LogP contribution in [0.15, 0.2) is 72.8 Å². The van der Waals surface area contributed by atoms with E-state index in [1.807, 2.05) is 0 Å². The van der Waals surface area contributed by atoms with Crippen LogP contribution in [0.5, 0.6) is 17.2 Å². The second kappa shape index (κ2) is 13.7. The van der Waals surface area contributed by atoms with Crippen LogP contribution in [0.25, 0.3) is 0 Å². The van der Waals surface area contributed by atoms with Crippen LogP contribution in [0.1, 0.15) is 39.1 Å². The minimum absolute atomic E-state index is 0.0877. The average Bonchev–Trinajstić information content (AvgIpc) is 3.92. The lowest BCUT2D eigenvalue weighted by Gasteiger charge is -2.09. The fourth-order valence-electron chi connectivity index (χ4n) is 3.61. The molecule has 0 radical (unpaired) electrons. The Hall–Kier alpha value is -4.74. The Morgan fingerprint density at radius 2 is 1.05 bits per heavy atom. The number of carbonyl (C=O) groups excluding carboxylic acids is 4. The molecule has 3 aromatic rings. The van der Waals surface area contributed by atoms with Gasteiger partial charge in [-0.1, -0.05) is 12.1 Å². The van der Waals surface area contributed by atoms with Gasteiger partial charge in [0.15, 0.2) is 12.2 Å². The molecule has 218 valence electrons. The first-order chi connectivity index (χ1) is 20.4. The topological polar surface area (TPSA) is 139 Å². The van der Waals surface area contributed by atoms with Gasteiger partial charge in [0.2, 0.25) is 0 Å². The molecule has 2 aliphatic heterocycles. The summed E-state index contributed by atoms with van der Waals surface area (Å²) < 4.78 is 36.4. The third-order valence-corrected chi connectivity index (χ3v) is 6.15. The number of hydrogen-bond acceptors (Lipinski definition) is 11. The maximum Gasteiger partial charge on any atom is 0.343 e. The van der Waals surface area contributed by atoms with Crippen LogP contribution in [-0.2, 0) is 35.1 Å². The van der Waals surface area contributed by atoms with E-state index < -0.39 is 24.0 Å². The predicted octanol–water partition coefficient (Wildman–Crippen LogP) is 3.67. The molecular weight excluding hydrogens is 548 g/mol. The minimum Gasteiger partial charge on any atom is -0.494 e. The summed E-state index contributed by atoms with van der Waals surface area (Å²) in [4.78, 5) is 47.9. The number of ether oxygens (including phenoxy) is 7. The molecule has 2 heterocycles. The monoisotopic (exact) mass is 576 g/mol. The summed E-state index contributed by atoms with van der Waals surface area (Å²) in [7, 11) is 0. The van der Waals surface area contributed by atoms with E-state index >= 15 is 0 Å². The Balaban J connectivity index is 1.01. The number of hydrogen-bond donors (Lipinski definition) is 0. The van der Waals surface area contributed by atoms with E-state index in [0.717, 1.165) is 5.56 Å². The molecule has 0 amide bonds. The molecule has 0 aromatic heterocycles. The van der Waals surface area contributed by atoms with Crippen molar-refractivity contribution in [2.24, 2.45) is 0 Å². The van der Waals surface area contributed by atoms with Gasteiger partial charge in [-0.3, -0.25) is 0 Å². The van der Waals surface area contributed by atoms with Crippen molar-refractivity contribution in [1.29, 1.82) is 0 Å². The smallest absolute Gasteiger partial charge is 0.343 e. The minimum atomic E-state index is -0.566. The van der Waals surface area contributed by atoms with Crippen molar-refractivity contribution in [3.8, 4) is 17.2 Å². The SMILES string of the molecule is O=C(Oc1ccc(OC(=O)c2ccc(OCCCCOC(=O)C3CO3)cc2)cc1)c1ccc(COC(=O)C2CO2)cc1. The molecule has 11 heteroatoms. The van der Waals surface area contributed by atoms with Gasteiger partial charge in [-0.05, 0) is 79.1 Å². The Labute approximate surface area is 241 Å². The second-order valence-electron chi connectivity index (χ2n) is 9.45. The Morgan fingerprint density at radius 3 is 1.57 bits per heavy atom. The van der Waals surface area contributed by atoms with Crippen molar-refractivity contribution in [3.63, 3.8) is 0 Å². The number of unbranched alkanes of at least 4 members (excludes halogenated alkanes) is 1. The second-order valence-corrected chi connectivity index (χ2v) is 9.45. The first kappa shape index (κ1) is 28.8. The van der Waals surface area contributed by atoms with Gasteiger partial charge in [0.25, 0.3) is 0 Å². The van der Waals surface area contributed by atoms with E-state index in [4.69, 9.17) is 33.2 Å². The standard InChI is InChI=1S/C31H28O11/c32-28(21-5-3-20(4-6-21)17-40-31(35)27-19-39-27)41-24-11-13-25(14-12-24)42-29(33)22-7-9-23(10-8-22)36-15-1-2-16-37-30(34)26-18-38-26/h3-14,26-27H,1-2,15-19H2. The van der Waals surface area contributed by atoms with Gasteiger partial charge in [-0.2, -0.15) is 0 Å². The van der Waals surface area contributed by atoms with Gasteiger partial charge in [-0.15, -0.1) is 0 Å². The maximum absolute atomic E-state index is 12.5. The molecule has 3 aromatic carbocycles. The summed E-state index contributed by atoms with van der Waals surface area (Å²) in [6.07, 6.45) is 0.526. The number of rotatable bonds is 14. The Morgan fingerprint density at radius 1 is 0.595 bits per heavy atom. The zero-order valence-electron chi connectivity index (χ0n) is 22.5. The first-order valence-electron chi connectivity index (χ1n) is 13.4. The average molecular weight is 577 g/mol. The first-order valence-corrected chi connectivity index (χ1v) is 13.4. The lowest BCUT2D eigenvalue weighted by Crippen LogP contribution is -2.12. The zero-order valence-corrected chi connectivity index (χ0v) is 22.5. The predicted molar refractivity (Wildman–Crippen MR) is 144 cm³/mol. The summed E-state index contributed by atoms with van der Waals surface area (Å²) >= 11 is 0. The van der Waals surface area contributed by atoms with Gasteiger partial charge in [-0.25, -0.2) is 19.2 Å². The van der Waals surface area contributed by atoms with Gasteiger partial charge in [0, 0.05) is 0 Å². The number of epoxide rings is 2. The van der Waals surface area contributed by atoms with Crippen LogP contribution in [0.3, 0.4) is 0 Å². The quantitative estimate of drug-likeness (QED) is 0.120. The summed E-state index contributed by atoms with van der Waals surface area (Å²) in [6.45, 7) is 1.68. The maximum atomic E-state index is 12.5. The van der Waals surface area contributed by atoms with Crippen LogP contribution in [0.4, 0.5) is 0 Å². The van der Waals surface area contributed by atoms with Crippen LogP contribution in [0, 0.1) is 0 Å². The molecule has 0 aliphatic carbocycles. The molecular formula is C31H28O11. The van der Waals surface area contributed by atoms with E-state index in [1.54, 1.807) is 48.5 Å². The van der Waals surface area contributed by atoms with Crippen LogP contribution < -0.4 is 14.2 Å². The van der Waals surface area contributed by atoms with E-state index in [-0.39, 0.29) is 30.2 Å². The lowest BCUT2D eigenvalue weighted by atomic mass is 10.1. The Kier molecular flexibility index (Phi) is 9.42. The van der Waals surface area contributed by atoms with Gasteiger partial charge in [0.05, 0.1) is 37.6 Å². The van der Waals surface area contributed by atoms with E-state index in [2.05, 4.69) is 0 Å². The Bertz CT molecular complexity index is 1390. The molecule has 0 saturated carbocycles. The molecule has 0 spiro atoms. The fourth-order valence-corrected chi connectivity index (χ4v) is 3.61.